The SMILES string of the molecule is CC#CCNCC(C)OC. The van der Waals surface area contributed by atoms with Crippen LogP contribution in [0.1, 0.15) is 13.8 Å². The van der Waals surface area contributed by atoms with E-state index in [4.69, 9.17) is 4.74 Å². The van der Waals surface area contributed by atoms with Crippen molar-refractivity contribution in [3.63, 3.8) is 0 Å². The fourth-order valence-corrected chi connectivity index (χ4v) is 0.510. The van der Waals surface area contributed by atoms with Gasteiger partial charge in [-0.3, -0.25) is 0 Å². The van der Waals surface area contributed by atoms with Crippen molar-refractivity contribution in [1.82, 2.24) is 5.32 Å². The molecular weight excluding hydrogens is 126 g/mol. The molecule has 10 heavy (non-hydrogen) atoms. The van der Waals surface area contributed by atoms with Crippen molar-refractivity contribution < 1.29 is 4.74 Å². The summed E-state index contributed by atoms with van der Waals surface area (Å²) in [6, 6.07) is 0. The third kappa shape index (κ3) is 5.61. The van der Waals surface area contributed by atoms with Gasteiger partial charge < -0.3 is 10.1 Å². The Hall–Kier alpha value is -0.520. The smallest absolute Gasteiger partial charge is 0.0667 e. The fourth-order valence-electron chi connectivity index (χ4n) is 0.510. The summed E-state index contributed by atoms with van der Waals surface area (Å²) in [5.41, 5.74) is 0. The lowest BCUT2D eigenvalue weighted by molar-refractivity contribution is 0.118. The van der Waals surface area contributed by atoms with E-state index in [0.717, 1.165) is 13.1 Å². The summed E-state index contributed by atoms with van der Waals surface area (Å²) in [6.07, 6.45) is 0.277. The zero-order valence-corrected chi connectivity index (χ0v) is 6.90. The normalized spacial score (nSPS) is 11.9. The Labute approximate surface area is 63.0 Å². The van der Waals surface area contributed by atoms with Gasteiger partial charge in [-0.05, 0) is 13.8 Å². The van der Waals surface area contributed by atoms with Crippen molar-refractivity contribution in [3.8, 4) is 11.8 Å². The van der Waals surface area contributed by atoms with E-state index in [9.17, 15) is 0 Å². The lowest BCUT2D eigenvalue weighted by Gasteiger charge is -2.07. The zero-order valence-electron chi connectivity index (χ0n) is 6.90. The highest BCUT2D eigenvalue weighted by atomic mass is 16.5. The van der Waals surface area contributed by atoms with Crippen LogP contribution in [0.15, 0.2) is 0 Å². The Balaban J connectivity index is 3.08. The van der Waals surface area contributed by atoms with E-state index < -0.39 is 0 Å². The maximum Gasteiger partial charge on any atom is 0.0667 e. The lowest BCUT2D eigenvalue weighted by atomic mass is 10.4. The van der Waals surface area contributed by atoms with Crippen LogP contribution in [0.2, 0.25) is 0 Å². The van der Waals surface area contributed by atoms with E-state index in [1.54, 1.807) is 7.11 Å². The third-order valence-corrected chi connectivity index (χ3v) is 1.22. The Morgan fingerprint density at radius 3 is 2.80 bits per heavy atom. The van der Waals surface area contributed by atoms with Gasteiger partial charge in [0.25, 0.3) is 0 Å². The molecule has 0 saturated heterocycles. The average Bonchev–Trinajstić information content (AvgIpc) is 1.98. The monoisotopic (exact) mass is 141 g/mol. The maximum atomic E-state index is 5.02. The molecule has 0 spiro atoms. The van der Waals surface area contributed by atoms with Crippen LogP contribution in [-0.4, -0.2) is 26.3 Å². The molecule has 2 nitrogen and oxygen atoms in total. The molecular formula is C8H15NO. The van der Waals surface area contributed by atoms with Crippen molar-refractivity contribution in [1.29, 1.82) is 0 Å². The number of hydrogen-bond donors (Lipinski definition) is 1. The number of nitrogens with one attached hydrogen (secondary N) is 1. The molecule has 1 N–H and O–H groups in total. The molecule has 2 heteroatoms. The van der Waals surface area contributed by atoms with Gasteiger partial charge in [-0.2, -0.15) is 0 Å². The Bertz CT molecular complexity index is 123. The molecule has 0 fully saturated rings. The first kappa shape index (κ1) is 9.48. The summed E-state index contributed by atoms with van der Waals surface area (Å²) >= 11 is 0. The van der Waals surface area contributed by atoms with E-state index in [1.165, 1.54) is 0 Å². The molecule has 1 atom stereocenters. The number of rotatable bonds is 4. The number of methoxy groups -OCH3 is 1. The van der Waals surface area contributed by atoms with E-state index in [0.29, 0.717) is 0 Å². The Morgan fingerprint density at radius 2 is 2.30 bits per heavy atom. The van der Waals surface area contributed by atoms with Crippen molar-refractivity contribution in [3.05, 3.63) is 0 Å². The quantitative estimate of drug-likeness (QED) is 0.458. The molecule has 0 aromatic carbocycles. The van der Waals surface area contributed by atoms with Crippen LogP contribution < -0.4 is 5.32 Å². The van der Waals surface area contributed by atoms with Gasteiger partial charge >= 0.3 is 0 Å². The molecule has 0 aromatic heterocycles. The Morgan fingerprint density at radius 1 is 1.60 bits per heavy atom. The van der Waals surface area contributed by atoms with Crippen LogP contribution in [0.5, 0.6) is 0 Å². The summed E-state index contributed by atoms with van der Waals surface area (Å²) in [5, 5.41) is 3.14. The second kappa shape index (κ2) is 6.60. The summed E-state index contributed by atoms with van der Waals surface area (Å²) in [6.45, 7) is 5.48. The molecule has 0 aliphatic carbocycles. The highest BCUT2D eigenvalue weighted by molar-refractivity contribution is 4.96. The van der Waals surface area contributed by atoms with Crippen LogP contribution in [0.4, 0.5) is 0 Å². The molecule has 0 heterocycles. The molecule has 0 aromatic rings. The van der Waals surface area contributed by atoms with E-state index in [-0.39, 0.29) is 6.10 Å². The van der Waals surface area contributed by atoms with Crippen molar-refractivity contribution >= 4 is 0 Å². The van der Waals surface area contributed by atoms with Crippen LogP contribution in [0, 0.1) is 11.8 Å². The summed E-state index contributed by atoms with van der Waals surface area (Å²) in [7, 11) is 1.71. The molecule has 0 saturated carbocycles. The highest BCUT2D eigenvalue weighted by Gasteiger charge is 1.94. The van der Waals surface area contributed by atoms with Crippen molar-refractivity contribution in [2.24, 2.45) is 0 Å². The minimum absolute atomic E-state index is 0.277. The second-order valence-electron chi connectivity index (χ2n) is 2.10. The summed E-state index contributed by atoms with van der Waals surface area (Å²) in [4.78, 5) is 0. The molecule has 0 rings (SSSR count). The van der Waals surface area contributed by atoms with E-state index in [1.807, 2.05) is 13.8 Å². The maximum absolute atomic E-state index is 5.02. The topological polar surface area (TPSA) is 21.3 Å². The first-order chi connectivity index (χ1) is 4.81. The molecule has 1 unspecified atom stereocenters. The molecule has 0 aliphatic heterocycles. The molecule has 58 valence electrons. The van der Waals surface area contributed by atoms with Crippen molar-refractivity contribution in [2.45, 2.75) is 20.0 Å². The van der Waals surface area contributed by atoms with Gasteiger partial charge in [-0.25, -0.2) is 0 Å². The summed E-state index contributed by atoms with van der Waals surface area (Å²) in [5.74, 6) is 5.72. The minimum atomic E-state index is 0.277. The van der Waals surface area contributed by atoms with Gasteiger partial charge in [0.1, 0.15) is 0 Å². The predicted molar refractivity (Wildman–Crippen MR) is 42.8 cm³/mol. The van der Waals surface area contributed by atoms with E-state index in [2.05, 4.69) is 17.2 Å². The fraction of sp³-hybridized carbons (Fsp3) is 0.750. The van der Waals surface area contributed by atoms with Gasteiger partial charge in [0.15, 0.2) is 0 Å². The molecule has 0 radical (unpaired) electrons. The van der Waals surface area contributed by atoms with Gasteiger partial charge in [0.05, 0.1) is 12.6 Å². The third-order valence-electron chi connectivity index (χ3n) is 1.22. The van der Waals surface area contributed by atoms with Gasteiger partial charge in [-0.1, -0.05) is 5.92 Å². The standard InChI is InChI=1S/C8H15NO/c1-4-5-6-9-7-8(2)10-3/h8-9H,6-7H2,1-3H3. The highest BCUT2D eigenvalue weighted by Crippen LogP contribution is 1.81. The van der Waals surface area contributed by atoms with Crippen LogP contribution in [0.3, 0.4) is 0 Å². The largest absolute Gasteiger partial charge is 0.380 e. The summed E-state index contributed by atoms with van der Waals surface area (Å²) < 4.78 is 5.02. The van der Waals surface area contributed by atoms with Gasteiger partial charge in [0.2, 0.25) is 0 Å². The van der Waals surface area contributed by atoms with E-state index >= 15 is 0 Å². The number of hydrogen-bond acceptors (Lipinski definition) is 2. The van der Waals surface area contributed by atoms with Gasteiger partial charge in [-0.15, -0.1) is 5.92 Å². The first-order valence-corrected chi connectivity index (χ1v) is 3.44. The van der Waals surface area contributed by atoms with Crippen LogP contribution in [-0.2, 0) is 4.74 Å². The molecule has 0 bridgehead atoms. The Kier molecular flexibility index (Phi) is 6.25. The van der Waals surface area contributed by atoms with Gasteiger partial charge in [0, 0.05) is 13.7 Å². The first-order valence-electron chi connectivity index (χ1n) is 3.44. The van der Waals surface area contributed by atoms with Crippen molar-refractivity contribution in [2.75, 3.05) is 20.2 Å². The van der Waals surface area contributed by atoms with Crippen LogP contribution in [0.25, 0.3) is 0 Å². The zero-order chi connectivity index (χ0) is 7.82. The molecule has 0 amide bonds. The minimum Gasteiger partial charge on any atom is -0.380 e. The predicted octanol–water partition coefficient (Wildman–Crippen LogP) is 0.634. The lowest BCUT2D eigenvalue weighted by Crippen LogP contribution is -2.26. The second-order valence-corrected chi connectivity index (χ2v) is 2.10. The number of ether oxygens (including phenoxy) is 1. The van der Waals surface area contributed by atoms with Crippen LogP contribution >= 0.6 is 0 Å². The average molecular weight is 141 g/mol. The molecule has 0 aliphatic rings.